The Bertz CT molecular complexity index is 719. The van der Waals surface area contributed by atoms with Crippen molar-refractivity contribution in [2.24, 2.45) is 0 Å². The minimum Gasteiger partial charge on any atom is -0.322 e. The van der Waals surface area contributed by atoms with Gasteiger partial charge in [0, 0.05) is 11.3 Å². The van der Waals surface area contributed by atoms with Crippen LogP contribution in [0.2, 0.25) is 0 Å². The summed E-state index contributed by atoms with van der Waals surface area (Å²) in [5, 5.41) is 2.88. The van der Waals surface area contributed by atoms with Gasteiger partial charge in [-0.05, 0) is 35.4 Å². The molecule has 3 rings (SSSR count). The van der Waals surface area contributed by atoms with Crippen LogP contribution in [-0.4, -0.2) is 5.91 Å². The van der Waals surface area contributed by atoms with Crippen molar-refractivity contribution in [3.05, 3.63) is 90.5 Å². The molecule has 21 heavy (non-hydrogen) atoms. The van der Waals surface area contributed by atoms with Crippen molar-refractivity contribution in [1.82, 2.24) is 0 Å². The zero-order valence-corrected chi connectivity index (χ0v) is 11.5. The third-order valence-electron chi connectivity index (χ3n) is 3.29. The van der Waals surface area contributed by atoms with Crippen LogP contribution in [0.25, 0.3) is 11.1 Å². The molecule has 1 amide bonds. The number of rotatable bonds is 3. The highest BCUT2D eigenvalue weighted by Gasteiger charge is 2.06. The maximum atomic E-state index is 12.2. The van der Waals surface area contributed by atoms with E-state index in [4.69, 9.17) is 0 Å². The van der Waals surface area contributed by atoms with Crippen LogP contribution in [0, 0.1) is 0 Å². The molecule has 0 saturated carbocycles. The summed E-state index contributed by atoms with van der Waals surface area (Å²) in [6, 6.07) is 27.2. The van der Waals surface area contributed by atoms with E-state index in [-0.39, 0.29) is 5.91 Å². The van der Waals surface area contributed by atoms with E-state index >= 15 is 0 Å². The third kappa shape index (κ3) is 3.18. The van der Waals surface area contributed by atoms with Crippen LogP contribution in [0.15, 0.2) is 84.9 Å². The van der Waals surface area contributed by atoms with Crippen LogP contribution in [0.3, 0.4) is 0 Å². The Labute approximate surface area is 124 Å². The van der Waals surface area contributed by atoms with Crippen molar-refractivity contribution in [3.63, 3.8) is 0 Å². The van der Waals surface area contributed by atoms with Crippen molar-refractivity contribution >= 4 is 11.6 Å². The number of carbonyl (C=O) groups excluding carboxylic acids is 1. The van der Waals surface area contributed by atoms with E-state index in [1.807, 2.05) is 72.8 Å². The third-order valence-corrected chi connectivity index (χ3v) is 3.29. The highest BCUT2D eigenvalue weighted by molar-refractivity contribution is 6.04. The van der Waals surface area contributed by atoms with Gasteiger partial charge in [0.15, 0.2) is 0 Å². The average molecular weight is 273 g/mol. The Hall–Kier alpha value is -2.87. The van der Waals surface area contributed by atoms with Crippen molar-refractivity contribution in [3.8, 4) is 11.1 Å². The second kappa shape index (κ2) is 6.06. The summed E-state index contributed by atoms with van der Waals surface area (Å²) in [5.41, 5.74) is 3.70. The largest absolute Gasteiger partial charge is 0.322 e. The first-order chi connectivity index (χ1) is 10.3. The maximum absolute atomic E-state index is 12.2. The molecule has 0 bridgehead atoms. The molecule has 2 heteroatoms. The highest BCUT2D eigenvalue weighted by Crippen LogP contribution is 2.19. The van der Waals surface area contributed by atoms with Gasteiger partial charge in [-0.1, -0.05) is 60.7 Å². The zero-order valence-electron chi connectivity index (χ0n) is 11.5. The van der Waals surface area contributed by atoms with Crippen LogP contribution >= 0.6 is 0 Å². The molecule has 102 valence electrons. The standard InChI is InChI=1S/C19H15NO/c21-19(20-18-9-5-2-6-10-18)17-13-11-16(12-14-17)15-7-3-1-4-8-15/h1-14H,(H,20,21). The first-order valence-electron chi connectivity index (χ1n) is 6.85. The van der Waals surface area contributed by atoms with Crippen LogP contribution < -0.4 is 5.32 Å². The van der Waals surface area contributed by atoms with Crippen molar-refractivity contribution in [1.29, 1.82) is 0 Å². The number of amides is 1. The predicted molar refractivity (Wildman–Crippen MR) is 86.3 cm³/mol. The van der Waals surface area contributed by atoms with E-state index in [0.29, 0.717) is 5.56 Å². The predicted octanol–water partition coefficient (Wildman–Crippen LogP) is 4.61. The minimum atomic E-state index is -0.0965. The quantitative estimate of drug-likeness (QED) is 0.742. The van der Waals surface area contributed by atoms with Crippen LogP contribution in [-0.2, 0) is 0 Å². The lowest BCUT2D eigenvalue weighted by atomic mass is 10.0. The van der Waals surface area contributed by atoms with E-state index in [2.05, 4.69) is 17.4 Å². The molecule has 3 aromatic rings. The fraction of sp³-hybridized carbons (Fsp3) is 0. The number of benzene rings is 3. The molecule has 0 aromatic heterocycles. The monoisotopic (exact) mass is 273 g/mol. The number of nitrogens with one attached hydrogen (secondary N) is 1. The molecule has 0 saturated heterocycles. The van der Waals surface area contributed by atoms with Crippen LogP contribution in [0.1, 0.15) is 10.4 Å². The fourth-order valence-electron chi connectivity index (χ4n) is 2.17. The van der Waals surface area contributed by atoms with Gasteiger partial charge in [0.1, 0.15) is 0 Å². The second-order valence-electron chi connectivity index (χ2n) is 4.76. The number of para-hydroxylation sites is 1. The summed E-state index contributed by atoms with van der Waals surface area (Å²) in [6.45, 7) is 0. The van der Waals surface area contributed by atoms with Crippen molar-refractivity contribution in [2.45, 2.75) is 0 Å². The van der Waals surface area contributed by atoms with Crippen molar-refractivity contribution < 1.29 is 4.79 Å². The second-order valence-corrected chi connectivity index (χ2v) is 4.76. The Kier molecular flexibility index (Phi) is 3.79. The van der Waals surface area contributed by atoms with Gasteiger partial charge in [-0.25, -0.2) is 0 Å². The van der Waals surface area contributed by atoms with E-state index in [0.717, 1.165) is 16.8 Å². The molecule has 0 fully saturated rings. The first-order valence-corrected chi connectivity index (χ1v) is 6.85. The molecule has 0 aliphatic heterocycles. The van der Waals surface area contributed by atoms with Crippen LogP contribution in [0.5, 0.6) is 0 Å². The minimum absolute atomic E-state index is 0.0965. The van der Waals surface area contributed by atoms with E-state index in [1.54, 1.807) is 0 Å². The highest BCUT2D eigenvalue weighted by atomic mass is 16.1. The SMILES string of the molecule is O=C(Nc1ccccc1)c1ccc(-c2ccccc2)cc1. The summed E-state index contributed by atoms with van der Waals surface area (Å²) >= 11 is 0. The number of hydrogen-bond acceptors (Lipinski definition) is 1. The Balaban J connectivity index is 1.77. The lowest BCUT2D eigenvalue weighted by Crippen LogP contribution is -2.11. The lowest BCUT2D eigenvalue weighted by molar-refractivity contribution is 0.102. The molecular weight excluding hydrogens is 258 g/mol. The molecule has 0 spiro atoms. The summed E-state index contributed by atoms with van der Waals surface area (Å²) in [4.78, 5) is 12.2. The fourth-order valence-corrected chi connectivity index (χ4v) is 2.17. The van der Waals surface area contributed by atoms with E-state index < -0.39 is 0 Å². The summed E-state index contributed by atoms with van der Waals surface area (Å²) in [7, 11) is 0. The summed E-state index contributed by atoms with van der Waals surface area (Å²) in [5.74, 6) is -0.0965. The Morgan fingerprint density at radius 1 is 0.619 bits per heavy atom. The smallest absolute Gasteiger partial charge is 0.255 e. The molecule has 0 radical (unpaired) electrons. The van der Waals surface area contributed by atoms with Gasteiger partial charge in [-0.3, -0.25) is 4.79 Å². The Morgan fingerprint density at radius 3 is 1.76 bits per heavy atom. The van der Waals surface area contributed by atoms with E-state index in [9.17, 15) is 4.79 Å². The van der Waals surface area contributed by atoms with Gasteiger partial charge in [0.05, 0.1) is 0 Å². The van der Waals surface area contributed by atoms with Crippen molar-refractivity contribution in [2.75, 3.05) is 5.32 Å². The van der Waals surface area contributed by atoms with Gasteiger partial charge in [0.25, 0.3) is 5.91 Å². The molecule has 3 aromatic carbocycles. The molecule has 0 aliphatic carbocycles. The van der Waals surface area contributed by atoms with Gasteiger partial charge in [-0.15, -0.1) is 0 Å². The van der Waals surface area contributed by atoms with Crippen LogP contribution in [0.4, 0.5) is 5.69 Å². The lowest BCUT2D eigenvalue weighted by Gasteiger charge is -2.06. The van der Waals surface area contributed by atoms with Gasteiger partial charge in [0.2, 0.25) is 0 Å². The van der Waals surface area contributed by atoms with Gasteiger partial charge >= 0.3 is 0 Å². The number of hydrogen-bond donors (Lipinski definition) is 1. The first kappa shape index (κ1) is 13.1. The normalized spacial score (nSPS) is 10.1. The number of carbonyl (C=O) groups is 1. The Morgan fingerprint density at radius 2 is 1.14 bits per heavy atom. The average Bonchev–Trinajstić information content (AvgIpc) is 2.57. The molecule has 1 N–H and O–H groups in total. The van der Waals surface area contributed by atoms with E-state index in [1.165, 1.54) is 0 Å². The maximum Gasteiger partial charge on any atom is 0.255 e. The molecule has 0 heterocycles. The van der Waals surface area contributed by atoms with Gasteiger partial charge < -0.3 is 5.32 Å². The molecule has 0 atom stereocenters. The zero-order chi connectivity index (χ0) is 14.5. The topological polar surface area (TPSA) is 29.1 Å². The molecular formula is C19H15NO. The van der Waals surface area contributed by atoms with Gasteiger partial charge in [-0.2, -0.15) is 0 Å². The molecule has 0 unspecified atom stereocenters. The molecule has 2 nitrogen and oxygen atoms in total. The summed E-state index contributed by atoms with van der Waals surface area (Å²) < 4.78 is 0. The summed E-state index contributed by atoms with van der Waals surface area (Å²) in [6.07, 6.45) is 0. The molecule has 0 aliphatic rings. The number of anilines is 1.